The second-order valence-corrected chi connectivity index (χ2v) is 5.04. The second-order valence-electron chi connectivity index (χ2n) is 3.89. The molecule has 5 heteroatoms. The number of rotatable bonds is 6. The summed E-state index contributed by atoms with van der Waals surface area (Å²) in [6, 6.07) is 0.269. The maximum Gasteiger partial charge on any atom is 0.307 e. The zero-order valence-corrected chi connectivity index (χ0v) is 10.8. The van der Waals surface area contributed by atoms with Crippen LogP contribution in [0.5, 0.6) is 0 Å². The fraction of sp³-hybridized carbons (Fsp3) is 0.909. The number of ether oxygens (including phenoxy) is 2. The van der Waals surface area contributed by atoms with Gasteiger partial charge in [-0.1, -0.05) is 0 Å². The van der Waals surface area contributed by atoms with Gasteiger partial charge in [-0.3, -0.25) is 4.79 Å². The average Bonchev–Trinajstić information content (AvgIpc) is 2.27. The SMILES string of the molecule is CCOCC(C)OC(=O)CC1CSCCN1. The monoisotopic (exact) mass is 247 g/mol. The minimum absolute atomic E-state index is 0.132. The molecule has 1 aliphatic heterocycles. The van der Waals surface area contributed by atoms with Crippen LogP contribution in [0.2, 0.25) is 0 Å². The summed E-state index contributed by atoms with van der Waals surface area (Å²) >= 11 is 1.88. The van der Waals surface area contributed by atoms with Gasteiger partial charge < -0.3 is 14.8 Å². The molecule has 94 valence electrons. The Kier molecular flexibility index (Phi) is 6.84. The van der Waals surface area contributed by atoms with Crippen molar-refractivity contribution in [3.05, 3.63) is 0 Å². The number of thioether (sulfide) groups is 1. The molecule has 1 saturated heterocycles. The van der Waals surface area contributed by atoms with Crippen molar-refractivity contribution in [2.45, 2.75) is 32.4 Å². The number of carbonyl (C=O) groups excluding carboxylic acids is 1. The highest BCUT2D eigenvalue weighted by atomic mass is 32.2. The van der Waals surface area contributed by atoms with E-state index in [1.165, 1.54) is 0 Å². The van der Waals surface area contributed by atoms with Gasteiger partial charge in [0.05, 0.1) is 13.0 Å². The van der Waals surface area contributed by atoms with Crippen molar-refractivity contribution in [2.75, 3.05) is 31.3 Å². The van der Waals surface area contributed by atoms with Crippen molar-refractivity contribution < 1.29 is 14.3 Å². The number of carbonyl (C=O) groups is 1. The average molecular weight is 247 g/mol. The van der Waals surface area contributed by atoms with Crippen molar-refractivity contribution in [1.29, 1.82) is 0 Å². The van der Waals surface area contributed by atoms with Crippen molar-refractivity contribution in [2.24, 2.45) is 0 Å². The molecule has 1 N–H and O–H groups in total. The van der Waals surface area contributed by atoms with Crippen LogP contribution < -0.4 is 5.32 Å². The summed E-state index contributed by atoms with van der Waals surface area (Å²) in [7, 11) is 0. The van der Waals surface area contributed by atoms with E-state index < -0.39 is 0 Å². The first-order valence-electron chi connectivity index (χ1n) is 5.80. The van der Waals surface area contributed by atoms with Gasteiger partial charge in [0.2, 0.25) is 0 Å². The zero-order chi connectivity index (χ0) is 11.8. The predicted octanol–water partition coefficient (Wildman–Crippen LogP) is 1.05. The van der Waals surface area contributed by atoms with E-state index in [9.17, 15) is 4.79 Å². The minimum Gasteiger partial charge on any atom is -0.460 e. The standard InChI is InChI=1S/C11H21NO3S/c1-3-14-7-9(2)15-11(13)6-10-8-16-5-4-12-10/h9-10,12H,3-8H2,1-2H3. The van der Waals surface area contributed by atoms with E-state index >= 15 is 0 Å². The van der Waals surface area contributed by atoms with Gasteiger partial charge in [0.1, 0.15) is 6.10 Å². The number of hydrogen-bond donors (Lipinski definition) is 1. The number of esters is 1. The first-order valence-corrected chi connectivity index (χ1v) is 6.96. The van der Waals surface area contributed by atoms with E-state index in [1.54, 1.807) is 0 Å². The molecule has 0 aromatic rings. The van der Waals surface area contributed by atoms with E-state index in [0.29, 0.717) is 19.6 Å². The number of nitrogens with one attached hydrogen (secondary N) is 1. The van der Waals surface area contributed by atoms with Crippen LogP contribution in [0.25, 0.3) is 0 Å². The highest BCUT2D eigenvalue weighted by Gasteiger charge is 2.18. The van der Waals surface area contributed by atoms with Crippen molar-refractivity contribution >= 4 is 17.7 Å². The van der Waals surface area contributed by atoms with Crippen LogP contribution in [-0.4, -0.2) is 49.4 Å². The summed E-state index contributed by atoms with van der Waals surface area (Å²) in [5, 5.41) is 3.31. The summed E-state index contributed by atoms with van der Waals surface area (Å²) in [6.45, 7) is 5.91. The molecular formula is C11H21NO3S. The molecule has 1 heterocycles. The van der Waals surface area contributed by atoms with Gasteiger partial charge in [-0.15, -0.1) is 0 Å². The Labute approximate surface area is 101 Å². The van der Waals surface area contributed by atoms with Crippen LogP contribution in [0.4, 0.5) is 0 Å². The van der Waals surface area contributed by atoms with E-state index in [-0.39, 0.29) is 18.1 Å². The van der Waals surface area contributed by atoms with Crippen LogP contribution in [-0.2, 0) is 14.3 Å². The lowest BCUT2D eigenvalue weighted by molar-refractivity contribution is -0.151. The Balaban J connectivity index is 2.13. The van der Waals surface area contributed by atoms with Crippen LogP contribution in [0.1, 0.15) is 20.3 Å². The fourth-order valence-electron chi connectivity index (χ4n) is 1.54. The van der Waals surface area contributed by atoms with Crippen molar-refractivity contribution in [3.63, 3.8) is 0 Å². The Morgan fingerprint density at radius 2 is 2.44 bits per heavy atom. The van der Waals surface area contributed by atoms with Gasteiger partial charge in [0, 0.05) is 30.7 Å². The maximum atomic E-state index is 11.6. The van der Waals surface area contributed by atoms with E-state index in [1.807, 2.05) is 25.6 Å². The zero-order valence-electron chi connectivity index (χ0n) is 10.0. The molecule has 0 saturated carbocycles. The summed E-state index contributed by atoms with van der Waals surface area (Å²) in [6.07, 6.45) is 0.312. The Morgan fingerprint density at radius 3 is 3.06 bits per heavy atom. The predicted molar refractivity (Wildman–Crippen MR) is 65.8 cm³/mol. The molecule has 0 aliphatic carbocycles. The van der Waals surface area contributed by atoms with Crippen LogP contribution in [0.3, 0.4) is 0 Å². The van der Waals surface area contributed by atoms with Gasteiger partial charge >= 0.3 is 5.97 Å². The van der Waals surface area contributed by atoms with Gasteiger partial charge in [-0.25, -0.2) is 0 Å². The van der Waals surface area contributed by atoms with Crippen LogP contribution in [0, 0.1) is 0 Å². The highest BCUT2D eigenvalue weighted by molar-refractivity contribution is 7.99. The third kappa shape index (κ3) is 5.72. The lowest BCUT2D eigenvalue weighted by Crippen LogP contribution is -2.39. The molecule has 2 unspecified atom stereocenters. The molecule has 1 fully saturated rings. The first-order chi connectivity index (χ1) is 7.72. The molecule has 4 nitrogen and oxygen atoms in total. The third-order valence-electron chi connectivity index (χ3n) is 2.30. The Morgan fingerprint density at radius 1 is 1.62 bits per heavy atom. The molecule has 0 bridgehead atoms. The topological polar surface area (TPSA) is 47.6 Å². The normalized spacial score (nSPS) is 22.8. The molecule has 0 aromatic heterocycles. The van der Waals surface area contributed by atoms with Gasteiger partial charge in [-0.2, -0.15) is 11.8 Å². The second kappa shape index (κ2) is 7.92. The minimum atomic E-state index is -0.149. The first kappa shape index (κ1) is 13.8. The van der Waals surface area contributed by atoms with Gasteiger partial charge in [-0.05, 0) is 13.8 Å². The van der Waals surface area contributed by atoms with E-state index in [0.717, 1.165) is 18.1 Å². The summed E-state index contributed by atoms with van der Waals surface area (Å²) in [4.78, 5) is 11.6. The van der Waals surface area contributed by atoms with Gasteiger partial charge in [0.15, 0.2) is 0 Å². The molecule has 1 aliphatic rings. The quantitative estimate of drug-likeness (QED) is 0.711. The smallest absolute Gasteiger partial charge is 0.307 e. The van der Waals surface area contributed by atoms with E-state index in [2.05, 4.69) is 5.32 Å². The Hall–Kier alpha value is -0.260. The van der Waals surface area contributed by atoms with Crippen LogP contribution >= 0.6 is 11.8 Å². The highest BCUT2D eigenvalue weighted by Crippen LogP contribution is 2.11. The molecule has 2 atom stereocenters. The van der Waals surface area contributed by atoms with Crippen molar-refractivity contribution in [3.8, 4) is 0 Å². The lowest BCUT2D eigenvalue weighted by Gasteiger charge is -2.23. The lowest BCUT2D eigenvalue weighted by atomic mass is 10.2. The number of hydrogen-bond acceptors (Lipinski definition) is 5. The molecular weight excluding hydrogens is 226 g/mol. The maximum absolute atomic E-state index is 11.6. The largest absolute Gasteiger partial charge is 0.460 e. The molecule has 0 radical (unpaired) electrons. The fourth-order valence-corrected chi connectivity index (χ4v) is 2.49. The molecule has 0 aromatic carbocycles. The Bertz CT molecular complexity index is 207. The van der Waals surface area contributed by atoms with Gasteiger partial charge in [0.25, 0.3) is 0 Å². The van der Waals surface area contributed by atoms with Crippen molar-refractivity contribution in [1.82, 2.24) is 5.32 Å². The van der Waals surface area contributed by atoms with E-state index in [4.69, 9.17) is 9.47 Å². The molecule has 16 heavy (non-hydrogen) atoms. The summed E-state index contributed by atoms with van der Waals surface area (Å²) < 4.78 is 10.4. The van der Waals surface area contributed by atoms with Crippen LogP contribution in [0.15, 0.2) is 0 Å². The summed E-state index contributed by atoms with van der Waals surface area (Å²) in [5.74, 6) is 1.99. The summed E-state index contributed by atoms with van der Waals surface area (Å²) in [5.41, 5.74) is 0. The molecule has 0 spiro atoms. The molecule has 1 rings (SSSR count). The third-order valence-corrected chi connectivity index (χ3v) is 3.43. The molecule has 0 amide bonds.